The second-order valence-electron chi connectivity index (χ2n) is 8.48. The minimum atomic E-state index is -3.67. The van der Waals surface area contributed by atoms with E-state index in [1.54, 1.807) is 5.56 Å². The Morgan fingerprint density at radius 3 is 2.38 bits per heavy atom. The smallest absolute Gasteiger partial charge is 0.261 e. The molecular formula is C24H36N2O4S2. The second kappa shape index (κ2) is 12.2. The molecular weight excluding hydrogens is 444 g/mol. The predicted molar refractivity (Wildman–Crippen MR) is 132 cm³/mol. The van der Waals surface area contributed by atoms with Crippen LogP contribution in [-0.4, -0.2) is 67.7 Å². The van der Waals surface area contributed by atoms with Crippen LogP contribution in [0.5, 0.6) is 0 Å². The minimum absolute atomic E-state index is 0. The zero-order valence-electron chi connectivity index (χ0n) is 19.3. The van der Waals surface area contributed by atoms with Gasteiger partial charge in [-0.05, 0) is 55.1 Å². The van der Waals surface area contributed by atoms with Crippen LogP contribution in [0.25, 0.3) is 0 Å². The Morgan fingerprint density at radius 1 is 1.06 bits per heavy atom. The van der Waals surface area contributed by atoms with E-state index in [1.165, 1.54) is 66.4 Å². The average molecular weight is 481 g/mol. The number of likely N-dealkylation sites (N-methyl/N-ethyl adjacent to an activating group) is 1. The van der Waals surface area contributed by atoms with Crippen LogP contribution in [0.2, 0.25) is 0 Å². The first-order valence-electron chi connectivity index (χ1n) is 11.0. The summed E-state index contributed by atoms with van der Waals surface area (Å²) in [7, 11) is -1.42. The van der Waals surface area contributed by atoms with E-state index in [-0.39, 0.29) is 5.48 Å². The number of nitrogens with zero attached hydrogens (tertiary/aromatic N) is 2. The lowest BCUT2D eigenvalue weighted by Crippen LogP contribution is -2.46. The van der Waals surface area contributed by atoms with Crippen molar-refractivity contribution in [2.24, 2.45) is 0 Å². The third-order valence-corrected chi connectivity index (χ3v) is 7.05. The summed E-state index contributed by atoms with van der Waals surface area (Å²) in [6.45, 7) is 6.98. The van der Waals surface area contributed by atoms with Gasteiger partial charge in [0.05, 0.1) is 6.26 Å². The molecule has 178 valence electrons. The highest BCUT2D eigenvalue weighted by atomic mass is 32.2. The van der Waals surface area contributed by atoms with Crippen LogP contribution in [0.15, 0.2) is 52.3 Å². The van der Waals surface area contributed by atoms with Crippen LogP contribution in [0.3, 0.4) is 0 Å². The van der Waals surface area contributed by atoms with Gasteiger partial charge in [0.2, 0.25) is 0 Å². The van der Waals surface area contributed by atoms with E-state index in [0.717, 1.165) is 6.42 Å². The fraction of sp³-hybridized carbons (Fsp3) is 0.500. The van der Waals surface area contributed by atoms with Gasteiger partial charge in [0.25, 0.3) is 10.1 Å². The lowest BCUT2D eigenvalue weighted by atomic mass is 9.94. The molecule has 1 unspecified atom stereocenters. The fourth-order valence-electron chi connectivity index (χ4n) is 4.16. The molecule has 1 atom stereocenters. The topological polar surface area (TPSA) is 92.4 Å². The monoisotopic (exact) mass is 480 g/mol. The summed E-state index contributed by atoms with van der Waals surface area (Å²) in [4.78, 5) is 8.07. The number of fused-ring (bicyclic) bond motifs is 2. The van der Waals surface area contributed by atoms with Gasteiger partial charge in [0, 0.05) is 42.0 Å². The number of rotatable bonds is 4. The Balaban J connectivity index is 0.000000548. The summed E-state index contributed by atoms with van der Waals surface area (Å²) in [5.41, 5.74) is 4.58. The van der Waals surface area contributed by atoms with Crippen molar-refractivity contribution in [1.29, 1.82) is 0 Å². The Morgan fingerprint density at radius 2 is 1.72 bits per heavy atom. The Bertz CT molecular complexity index is 966. The molecule has 4 rings (SSSR count). The van der Waals surface area contributed by atoms with E-state index in [9.17, 15) is 8.42 Å². The molecule has 2 aromatic rings. The van der Waals surface area contributed by atoms with E-state index in [4.69, 9.17) is 4.55 Å². The van der Waals surface area contributed by atoms with Crippen molar-refractivity contribution in [3.05, 3.63) is 59.2 Å². The first kappa shape index (κ1) is 26.8. The quantitative estimate of drug-likeness (QED) is 0.671. The number of hydrogen-bond acceptors (Lipinski definition) is 5. The summed E-state index contributed by atoms with van der Waals surface area (Å²) in [5.74, 6) is 0. The van der Waals surface area contributed by atoms with Crippen molar-refractivity contribution in [2.45, 2.75) is 48.4 Å². The van der Waals surface area contributed by atoms with Crippen LogP contribution >= 0.6 is 11.8 Å². The average Bonchev–Trinajstić information content (AvgIpc) is 2.88. The molecule has 6 nitrogen and oxygen atoms in total. The van der Waals surface area contributed by atoms with Crippen molar-refractivity contribution in [3.63, 3.8) is 0 Å². The lowest BCUT2D eigenvalue weighted by Gasteiger charge is -2.38. The van der Waals surface area contributed by atoms with E-state index >= 15 is 0 Å². The van der Waals surface area contributed by atoms with Gasteiger partial charge >= 0.3 is 0 Å². The van der Waals surface area contributed by atoms with Crippen molar-refractivity contribution < 1.29 is 18.4 Å². The molecule has 32 heavy (non-hydrogen) atoms. The van der Waals surface area contributed by atoms with Gasteiger partial charge in [-0.3, -0.25) is 9.45 Å². The van der Waals surface area contributed by atoms with Crippen LogP contribution in [0.1, 0.15) is 42.5 Å². The molecule has 0 radical (unpaired) electrons. The number of hydrogen-bond donors (Lipinski definition) is 1. The highest BCUT2D eigenvalue weighted by molar-refractivity contribution is 7.99. The van der Waals surface area contributed by atoms with Gasteiger partial charge in [-0.15, -0.1) is 0 Å². The van der Waals surface area contributed by atoms with E-state index in [1.807, 2.05) is 11.8 Å². The number of unbranched alkanes of at least 4 members (excludes halogenated alkanes) is 1. The van der Waals surface area contributed by atoms with Crippen LogP contribution in [0, 0.1) is 0 Å². The third kappa shape index (κ3) is 7.86. The van der Waals surface area contributed by atoms with Crippen LogP contribution in [0.4, 0.5) is 0 Å². The Kier molecular flexibility index (Phi) is 10.2. The number of piperazine rings is 1. The number of aryl methyl sites for hydroxylation is 1. The number of benzene rings is 2. The van der Waals surface area contributed by atoms with Crippen molar-refractivity contribution in [3.8, 4) is 0 Å². The summed E-state index contributed by atoms with van der Waals surface area (Å²) < 4.78 is 25.9. The highest BCUT2D eigenvalue weighted by Gasteiger charge is 2.29. The largest absolute Gasteiger partial charge is 0.412 e. The van der Waals surface area contributed by atoms with Crippen molar-refractivity contribution >= 4 is 21.9 Å². The van der Waals surface area contributed by atoms with Gasteiger partial charge in [0.1, 0.15) is 0 Å². The zero-order valence-corrected chi connectivity index (χ0v) is 20.9. The molecule has 0 spiro atoms. The third-order valence-electron chi connectivity index (χ3n) is 5.84. The SMILES string of the molecule is CCCCc1ccc2c(c1)C(N1CCN(C)CC1)Cc1ccccc1S2.CS(=O)(=O)O.O. The molecule has 3 N–H and O–H groups in total. The molecule has 0 saturated carbocycles. The zero-order chi connectivity index (χ0) is 22.4. The summed E-state index contributed by atoms with van der Waals surface area (Å²) in [6.07, 6.45) is 5.60. The van der Waals surface area contributed by atoms with Gasteiger partial charge in [-0.1, -0.05) is 55.4 Å². The molecule has 0 bridgehead atoms. The standard InChI is InChI=1S/C23H30N2S.CH4O3S.H2O/c1-3-4-7-18-10-11-23-20(16-18)21(25-14-12-24(2)13-15-25)17-19-8-5-6-9-22(19)26-23;1-5(2,3)4;/h5-6,8-11,16,21H,3-4,7,12-15,17H2,1-2H3;1H3,(H,2,3,4);1H2. The summed E-state index contributed by atoms with van der Waals surface area (Å²) in [5, 5.41) is 0. The van der Waals surface area contributed by atoms with Gasteiger partial charge in [-0.25, -0.2) is 0 Å². The maximum absolute atomic E-state index is 9.19. The van der Waals surface area contributed by atoms with Crippen LogP contribution in [-0.2, 0) is 23.0 Å². The van der Waals surface area contributed by atoms with Gasteiger partial charge < -0.3 is 10.4 Å². The van der Waals surface area contributed by atoms with E-state index < -0.39 is 10.1 Å². The maximum atomic E-state index is 9.19. The Labute approximate surface area is 197 Å². The van der Waals surface area contributed by atoms with E-state index in [2.05, 4.69) is 66.2 Å². The predicted octanol–water partition coefficient (Wildman–Crippen LogP) is 3.70. The summed E-state index contributed by atoms with van der Waals surface area (Å²) >= 11 is 1.97. The molecule has 2 aromatic carbocycles. The molecule has 1 saturated heterocycles. The lowest BCUT2D eigenvalue weighted by molar-refractivity contribution is 0.110. The molecule has 8 heteroatoms. The maximum Gasteiger partial charge on any atom is 0.261 e. The first-order chi connectivity index (χ1) is 14.7. The molecule has 2 aliphatic rings. The molecule has 0 aromatic heterocycles. The van der Waals surface area contributed by atoms with Crippen molar-refractivity contribution in [2.75, 3.05) is 39.5 Å². The van der Waals surface area contributed by atoms with Crippen molar-refractivity contribution in [1.82, 2.24) is 9.80 Å². The second-order valence-corrected chi connectivity index (χ2v) is 11.0. The van der Waals surface area contributed by atoms with Gasteiger partial charge in [-0.2, -0.15) is 8.42 Å². The molecule has 2 aliphatic heterocycles. The molecule has 2 heterocycles. The molecule has 1 fully saturated rings. The molecule has 0 amide bonds. The van der Waals surface area contributed by atoms with Gasteiger partial charge in [0.15, 0.2) is 0 Å². The highest BCUT2D eigenvalue weighted by Crippen LogP contribution is 2.43. The fourth-order valence-corrected chi connectivity index (χ4v) is 5.27. The van der Waals surface area contributed by atoms with Crippen LogP contribution < -0.4 is 0 Å². The Hall–Kier alpha value is -1.42. The molecule has 0 aliphatic carbocycles. The summed E-state index contributed by atoms with van der Waals surface area (Å²) in [6, 6.07) is 16.8. The minimum Gasteiger partial charge on any atom is -0.412 e. The normalized spacial score (nSPS) is 18.9. The first-order valence-corrected chi connectivity index (χ1v) is 13.6. The van der Waals surface area contributed by atoms with E-state index in [0.29, 0.717) is 12.3 Å².